The van der Waals surface area contributed by atoms with Crippen LogP contribution in [0.1, 0.15) is 22.3 Å². The standard InChI is InChI=1S/C18H18N2S/c1-13-6-8-15(9-7-13)18-12-14-4-2-3-5-16(14)17(21)20(18)11-10-19-18/h2-9,19H,10-12H2,1H3. The molecule has 3 heteroatoms. The summed E-state index contributed by atoms with van der Waals surface area (Å²) < 4.78 is 0. The molecule has 0 radical (unpaired) electrons. The van der Waals surface area contributed by atoms with E-state index in [-0.39, 0.29) is 5.66 Å². The molecule has 2 aliphatic rings. The molecule has 1 saturated heterocycles. The van der Waals surface area contributed by atoms with Crippen molar-refractivity contribution in [1.29, 1.82) is 0 Å². The van der Waals surface area contributed by atoms with Gasteiger partial charge < -0.3 is 4.90 Å². The van der Waals surface area contributed by atoms with Gasteiger partial charge in [0, 0.05) is 25.1 Å². The molecule has 0 amide bonds. The first kappa shape index (κ1) is 13.0. The van der Waals surface area contributed by atoms with E-state index in [4.69, 9.17) is 12.2 Å². The molecule has 1 atom stereocenters. The number of hydrogen-bond acceptors (Lipinski definition) is 2. The van der Waals surface area contributed by atoms with Gasteiger partial charge in [0.25, 0.3) is 0 Å². The number of aryl methyl sites for hydroxylation is 1. The molecule has 0 bridgehead atoms. The molecule has 0 spiro atoms. The Hall–Kier alpha value is -1.71. The third kappa shape index (κ3) is 1.84. The van der Waals surface area contributed by atoms with Gasteiger partial charge in [-0.25, -0.2) is 0 Å². The predicted octanol–water partition coefficient (Wildman–Crippen LogP) is 2.98. The van der Waals surface area contributed by atoms with E-state index >= 15 is 0 Å². The monoisotopic (exact) mass is 294 g/mol. The Morgan fingerprint density at radius 1 is 1.10 bits per heavy atom. The number of hydrogen-bond donors (Lipinski definition) is 1. The maximum absolute atomic E-state index is 5.78. The van der Waals surface area contributed by atoms with Gasteiger partial charge in [-0.1, -0.05) is 66.3 Å². The SMILES string of the molecule is Cc1ccc(C23Cc4ccccc4C(=S)N2CCN3)cc1. The quantitative estimate of drug-likeness (QED) is 0.814. The molecular formula is C18H18N2S. The smallest absolute Gasteiger partial charge is 0.122 e. The lowest BCUT2D eigenvalue weighted by atomic mass is 9.85. The Kier molecular flexibility index (Phi) is 2.88. The first-order valence-electron chi connectivity index (χ1n) is 7.43. The Balaban J connectivity index is 1.88. The van der Waals surface area contributed by atoms with Crippen LogP contribution in [0.25, 0.3) is 0 Å². The van der Waals surface area contributed by atoms with Gasteiger partial charge in [-0.05, 0) is 18.1 Å². The predicted molar refractivity (Wildman–Crippen MR) is 89.4 cm³/mol. The van der Waals surface area contributed by atoms with Crippen molar-refractivity contribution >= 4 is 17.2 Å². The number of thiocarbonyl (C=S) groups is 1. The second kappa shape index (κ2) is 4.65. The molecule has 21 heavy (non-hydrogen) atoms. The van der Waals surface area contributed by atoms with Crippen molar-refractivity contribution in [1.82, 2.24) is 10.2 Å². The van der Waals surface area contributed by atoms with E-state index in [0.29, 0.717) is 0 Å². The first-order valence-corrected chi connectivity index (χ1v) is 7.84. The third-order valence-corrected chi connectivity index (χ3v) is 5.12. The lowest BCUT2D eigenvalue weighted by molar-refractivity contribution is 0.198. The molecule has 0 saturated carbocycles. The Morgan fingerprint density at radius 2 is 1.86 bits per heavy atom. The van der Waals surface area contributed by atoms with E-state index in [2.05, 4.69) is 65.7 Å². The third-order valence-electron chi connectivity index (χ3n) is 4.68. The van der Waals surface area contributed by atoms with Gasteiger partial charge in [-0.2, -0.15) is 0 Å². The van der Waals surface area contributed by atoms with Gasteiger partial charge in [0.15, 0.2) is 0 Å². The van der Waals surface area contributed by atoms with Crippen LogP contribution in [-0.2, 0) is 12.1 Å². The highest BCUT2D eigenvalue weighted by Gasteiger charge is 2.47. The zero-order chi connectivity index (χ0) is 14.4. The zero-order valence-electron chi connectivity index (χ0n) is 12.1. The number of benzene rings is 2. The Bertz CT molecular complexity index is 707. The minimum Gasteiger partial charge on any atom is -0.338 e. The second-order valence-corrected chi connectivity index (χ2v) is 6.33. The summed E-state index contributed by atoms with van der Waals surface area (Å²) in [7, 11) is 0. The van der Waals surface area contributed by atoms with Crippen molar-refractivity contribution in [3.05, 3.63) is 70.8 Å². The van der Waals surface area contributed by atoms with Gasteiger partial charge >= 0.3 is 0 Å². The maximum Gasteiger partial charge on any atom is 0.122 e. The molecule has 2 aromatic rings. The van der Waals surface area contributed by atoms with Crippen LogP contribution in [0.4, 0.5) is 0 Å². The average Bonchev–Trinajstić information content (AvgIpc) is 2.93. The van der Waals surface area contributed by atoms with Crippen LogP contribution in [0, 0.1) is 6.92 Å². The van der Waals surface area contributed by atoms with E-state index in [0.717, 1.165) is 24.5 Å². The van der Waals surface area contributed by atoms with Crippen LogP contribution >= 0.6 is 12.2 Å². The molecule has 1 fully saturated rings. The van der Waals surface area contributed by atoms with E-state index in [1.54, 1.807) is 0 Å². The number of rotatable bonds is 1. The fraction of sp³-hybridized carbons (Fsp3) is 0.278. The lowest BCUT2D eigenvalue weighted by Gasteiger charge is -2.44. The van der Waals surface area contributed by atoms with E-state index < -0.39 is 0 Å². The first-order chi connectivity index (χ1) is 10.2. The van der Waals surface area contributed by atoms with Crippen LogP contribution < -0.4 is 5.32 Å². The molecule has 2 nitrogen and oxygen atoms in total. The van der Waals surface area contributed by atoms with E-state index in [1.165, 1.54) is 22.3 Å². The van der Waals surface area contributed by atoms with Crippen LogP contribution in [0.2, 0.25) is 0 Å². The highest BCUT2D eigenvalue weighted by molar-refractivity contribution is 7.80. The van der Waals surface area contributed by atoms with Crippen molar-refractivity contribution in [3.63, 3.8) is 0 Å². The molecule has 1 N–H and O–H groups in total. The largest absolute Gasteiger partial charge is 0.338 e. The van der Waals surface area contributed by atoms with Gasteiger partial charge in [-0.15, -0.1) is 0 Å². The van der Waals surface area contributed by atoms with Crippen LogP contribution in [0.15, 0.2) is 48.5 Å². The van der Waals surface area contributed by atoms with Crippen LogP contribution in [-0.4, -0.2) is 23.0 Å². The summed E-state index contributed by atoms with van der Waals surface area (Å²) in [6, 6.07) is 17.4. The van der Waals surface area contributed by atoms with Crippen molar-refractivity contribution in [2.75, 3.05) is 13.1 Å². The fourth-order valence-corrected chi connectivity index (χ4v) is 4.03. The molecule has 1 unspecified atom stereocenters. The summed E-state index contributed by atoms with van der Waals surface area (Å²) in [4.78, 5) is 3.34. The molecule has 2 heterocycles. The zero-order valence-corrected chi connectivity index (χ0v) is 12.9. The molecule has 2 aliphatic heterocycles. The molecule has 2 aromatic carbocycles. The summed E-state index contributed by atoms with van der Waals surface area (Å²) in [5.74, 6) is 0. The number of nitrogens with zero attached hydrogens (tertiary/aromatic N) is 1. The highest BCUT2D eigenvalue weighted by atomic mass is 32.1. The average molecular weight is 294 g/mol. The molecule has 4 rings (SSSR count). The summed E-state index contributed by atoms with van der Waals surface area (Å²) in [5, 5.41) is 3.72. The maximum atomic E-state index is 5.78. The summed E-state index contributed by atoms with van der Waals surface area (Å²) in [5.41, 5.74) is 4.99. The lowest BCUT2D eigenvalue weighted by Crippen LogP contribution is -2.55. The molecule has 0 aromatic heterocycles. The summed E-state index contributed by atoms with van der Waals surface area (Å²) >= 11 is 5.78. The van der Waals surface area contributed by atoms with Crippen molar-refractivity contribution < 1.29 is 0 Å². The van der Waals surface area contributed by atoms with E-state index in [9.17, 15) is 0 Å². The van der Waals surface area contributed by atoms with E-state index in [1.807, 2.05) is 0 Å². The van der Waals surface area contributed by atoms with Crippen LogP contribution in [0.3, 0.4) is 0 Å². The van der Waals surface area contributed by atoms with Gasteiger partial charge in [0.1, 0.15) is 10.7 Å². The van der Waals surface area contributed by atoms with Crippen molar-refractivity contribution in [2.24, 2.45) is 0 Å². The Labute approximate surface area is 130 Å². The normalized spacial score (nSPS) is 23.9. The topological polar surface area (TPSA) is 15.3 Å². The van der Waals surface area contributed by atoms with Gasteiger partial charge in [0.05, 0.1) is 0 Å². The van der Waals surface area contributed by atoms with Crippen molar-refractivity contribution in [2.45, 2.75) is 19.0 Å². The highest BCUT2D eigenvalue weighted by Crippen LogP contribution is 2.39. The molecule has 0 aliphatic carbocycles. The number of fused-ring (bicyclic) bond motifs is 2. The Morgan fingerprint density at radius 3 is 2.67 bits per heavy atom. The van der Waals surface area contributed by atoms with Crippen molar-refractivity contribution in [3.8, 4) is 0 Å². The molecule has 106 valence electrons. The van der Waals surface area contributed by atoms with Gasteiger partial charge in [0.2, 0.25) is 0 Å². The minimum absolute atomic E-state index is 0.168. The van der Waals surface area contributed by atoms with Crippen LogP contribution in [0.5, 0.6) is 0 Å². The minimum atomic E-state index is -0.168. The molecular weight excluding hydrogens is 276 g/mol. The number of nitrogens with one attached hydrogen (secondary N) is 1. The second-order valence-electron chi connectivity index (χ2n) is 5.94. The fourth-order valence-electron chi connectivity index (χ4n) is 3.59. The summed E-state index contributed by atoms with van der Waals surface area (Å²) in [6.07, 6.45) is 0.965. The van der Waals surface area contributed by atoms with Gasteiger partial charge in [-0.3, -0.25) is 5.32 Å². The summed E-state index contributed by atoms with van der Waals surface area (Å²) in [6.45, 7) is 4.07.